The summed E-state index contributed by atoms with van der Waals surface area (Å²) in [7, 11) is 0. The van der Waals surface area contributed by atoms with Crippen LogP contribution in [0.25, 0.3) is 0 Å². The summed E-state index contributed by atoms with van der Waals surface area (Å²) in [4.78, 5) is 20.1. The van der Waals surface area contributed by atoms with Gasteiger partial charge in [0.05, 0.1) is 18.1 Å². The minimum Gasteiger partial charge on any atom is -0.319 e. The number of anilines is 2. The van der Waals surface area contributed by atoms with Crippen molar-refractivity contribution in [1.29, 1.82) is 0 Å². The summed E-state index contributed by atoms with van der Waals surface area (Å²) < 4.78 is 0.824. The first-order chi connectivity index (χ1) is 9.51. The lowest BCUT2D eigenvalue weighted by Gasteiger charge is -2.11. The standard InChI is InChI=1S/C13H14BrN5O/c1-7-3-8(2)12(9(14)4-7)18-13(20)10-5-16-6-11(17-10)19-15/h3-6H,15H2,1-2H3,(H,17,19)(H,18,20). The molecule has 2 rings (SSSR count). The van der Waals surface area contributed by atoms with Gasteiger partial charge < -0.3 is 10.7 Å². The first-order valence-electron chi connectivity index (χ1n) is 5.88. The molecule has 0 spiro atoms. The van der Waals surface area contributed by atoms with Crippen LogP contribution in [0.15, 0.2) is 29.0 Å². The molecule has 4 N–H and O–H groups in total. The van der Waals surface area contributed by atoms with Gasteiger partial charge in [0.25, 0.3) is 5.91 Å². The molecule has 0 radical (unpaired) electrons. The summed E-state index contributed by atoms with van der Waals surface area (Å²) >= 11 is 3.44. The molecule has 0 fully saturated rings. The van der Waals surface area contributed by atoms with Crippen LogP contribution in [0, 0.1) is 13.8 Å². The van der Waals surface area contributed by atoms with Gasteiger partial charge in [-0.25, -0.2) is 10.8 Å². The van der Waals surface area contributed by atoms with Crippen molar-refractivity contribution in [2.24, 2.45) is 5.84 Å². The number of aryl methyl sites for hydroxylation is 2. The molecule has 0 atom stereocenters. The van der Waals surface area contributed by atoms with Crippen LogP contribution < -0.4 is 16.6 Å². The Morgan fingerprint density at radius 2 is 2.05 bits per heavy atom. The number of carbonyl (C=O) groups excluding carboxylic acids is 1. The molecule has 0 saturated carbocycles. The zero-order valence-electron chi connectivity index (χ0n) is 11.1. The van der Waals surface area contributed by atoms with E-state index < -0.39 is 0 Å². The van der Waals surface area contributed by atoms with Crippen molar-refractivity contribution in [3.8, 4) is 0 Å². The normalized spacial score (nSPS) is 10.2. The monoisotopic (exact) mass is 335 g/mol. The highest BCUT2D eigenvalue weighted by Crippen LogP contribution is 2.28. The van der Waals surface area contributed by atoms with Crippen LogP contribution in [-0.2, 0) is 0 Å². The zero-order valence-corrected chi connectivity index (χ0v) is 12.7. The van der Waals surface area contributed by atoms with Gasteiger partial charge in [0.1, 0.15) is 5.69 Å². The maximum atomic E-state index is 12.2. The third-order valence-corrected chi connectivity index (χ3v) is 3.31. The lowest BCUT2D eigenvalue weighted by Crippen LogP contribution is -2.17. The van der Waals surface area contributed by atoms with Crippen molar-refractivity contribution >= 4 is 33.3 Å². The van der Waals surface area contributed by atoms with Gasteiger partial charge in [0.2, 0.25) is 0 Å². The van der Waals surface area contributed by atoms with Crippen molar-refractivity contribution in [2.75, 3.05) is 10.7 Å². The SMILES string of the molecule is Cc1cc(C)c(NC(=O)c2cncc(NN)n2)c(Br)c1. The molecule has 0 aliphatic carbocycles. The van der Waals surface area contributed by atoms with Crippen molar-refractivity contribution < 1.29 is 4.79 Å². The van der Waals surface area contributed by atoms with E-state index in [-0.39, 0.29) is 11.6 Å². The Hall–Kier alpha value is -1.99. The highest BCUT2D eigenvalue weighted by atomic mass is 79.9. The van der Waals surface area contributed by atoms with Gasteiger partial charge in [-0.15, -0.1) is 0 Å². The smallest absolute Gasteiger partial charge is 0.275 e. The molecule has 6 nitrogen and oxygen atoms in total. The summed E-state index contributed by atoms with van der Waals surface area (Å²) in [5, 5.41) is 2.82. The number of carbonyl (C=O) groups is 1. The van der Waals surface area contributed by atoms with Crippen LogP contribution in [0.5, 0.6) is 0 Å². The van der Waals surface area contributed by atoms with E-state index in [0.717, 1.165) is 15.6 Å². The average molecular weight is 336 g/mol. The molecule has 1 aromatic carbocycles. The summed E-state index contributed by atoms with van der Waals surface area (Å²) in [6, 6.07) is 3.93. The lowest BCUT2D eigenvalue weighted by molar-refractivity contribution is 0.102. The minimum atomic E-state index is -0.345. The third kappa shape index (κ3) is 3.12. The highest BCUT2D eigenvalue weighted by Gasteiger charge is 2.13. The second-order valence-electron chi connectivity index (χ2n) is 4.33. The van der Waals surface area contributed by atoms with Gasteiger partial charge in [0.15, 0.2) is 5.82 Å². The number of nitrogens with zero attached hydrogens (tertiary/aromatic N) is 2. The Bertz CT molecular complexity index is 636. The Balaban J connectivity index is 2.28. The fraction of sp³-hybridized carbons (Fsp3) is 0.154. The Morgan fingerprint density at radius 3 is 2.70 bits per heavy atom. The Kier molecular flexibility index (Phi) is 4.31. The predicted molar refractivity (Wildman–Crippen MR) is 81.4 cm³/mol. The predicted octanol–water partition coefficient (Wildman–Crippen LogP) is 2.39. The quantitative estimate of drug-likeness (QED) is 0.591. The molecule has 0 saturated heterocycles. The Labute approximate surface area is 124 Å². The Morgan fingerprint density at radius 1 is 1.30 bits per heavy atom. The second-order valence-corrected chi connectivity index (χ2v) is 5.18. The number of halogens is 1. The molecule has 2 aromatic rings. The van der Waals surface area contributed by atoms with E-state index in [1.54, 1.807) is 0 Å². The first kappa shape index (κ1) is 14.4. The fourth-order valence-corrected chi connectivity index (χ4v) is 2.57. The molecule has 0 aliphatic heterocycles. The number of nitrogen functional groups attached to an aromatic ring is 1. The summed E-state index contributed by atoms with van der Waals surface area (Å²) in [6.07, 6.45) is 2.82. The van der Waals surface area contributed by atoms with Crippen molar-refractivity contribution in [3.63, 3.8) is 0 Å². The molecular weight excluding hydrogens is 322 g/mol. The number of aromatic nitrogens is 2. The highest BCUT2D eigenvalue weighted by molar-refractivity contribution is 9.10. The summed E-state index contributed by atoms with van der Waals surface area (Å²) in [5.74, 6) is 5.23. The number of hydrogen-bond donors (Lipinski definition) is 3. The topological polar surface area (TPSA) is 92.9 Å². The van der Waals surface area contributed by atoms with Crippen LogP contribution in [0.4, 0.5) is 11.5 Å². The third-order valence-electron chi connectivity index (χ3n) is 2.69. The largest absolute Gasteiger partial charge is 0.319 e. The molecule has 1 heterocycles. The molecule has 1 aromatic heterocycles. The lowest BCUT2D eigenvalue weighted by atomic mass is 10.1. The molecule has 1 amide bonds. The number of benzene rings is 1. The summed E-state index contributed by atoms with van der Waals surface area (Å²) in [6.45, 7) is 3.92. The van der Waals surface area contributed by atoms with Gasteiger partial charge in [-0.2, -0.15) is 0 Å². The number of rotatable bonds is 3. The van der Waals surface area contributed by atoms with Crippen LogP contribution in [0.2, 0.25) is 0 Å². The van der Waals surface area contributed by atoms with E-state index in [1.807, 2.05) is 26.0 Å². The van der Waals surface area contributed by atoms with Gasteiger partial charge in [0, 0.05) is 4.47 Å². The first-order valence-corrected chi connectivity index (χ1v) is 6.67. The molecule has 0 aliphatic rings. The van der Waals surface area contributed by atoms with E-state index in [1.165, 1.54) is 12.4 Å². The molecule has 0 unspecified atom stereocenters. The number of amides is 1. The number of hydrazine groups is 1. The number of nitrogens with two attached hydrogens (primary N) is 1. The van der Waals surface area contributed by atoms with Crippen molar-refractivity contribution in [2.45, 2.75) is 13.8 Å². The van der Waals surface area contributed by atoms with Crippen molar-refractivity contribution in [1.82, 2.24) is 9.97 Å². The molecule has 20 heavy (non-hydrogen) atoms. The van der Waals surface area contributed by atoms with E-state index in [0.29, 0.717) is 11.5 Å². The minimum absolute atomic E-state index is 0.187. The second kappa shape index (κ2) is 5.98. The maximum absolute atomic E-state index is 12.2. The molecule has 7 heteroatoms. The number of hydrogen-bond acceptors (Lipinski definition) is 5. The van der Waals surface area contributed by atoms with Crippen LogP contribution >= 0.6 is 15.9 Å². The average Bonchev–Trinajstić information content (AvgIpc) is 2.42. The van der Waals surface area contributed by atoms with Crippen molar-refractivity contribution in [3.05, 3.63) is 45.8 Å². The van der Waals surface area contributed by atoms with Crippen LogP contribution in [0.3, 0.4) is 0 Å². The van der Waals surface area contributed by atoms with E-state index in [9.17, 15) is 4.79 Å². The zero-order chi connectivity index (χ0) is 14.7. The number of nitrogens with one attached hydrogen (secondary N) is 2. The molecule has 0 bridgehead atoms. The maximum Gasteiger partial charge on any atom is 0.275 e. The van der Waals surface area contributed by atoms with Crippen LogP contribution in [0.1, 0.15) is 21.6 Å². The van der Waals surface area contributed by atoms with E-state index in [4.69, 9.17) is 5.84 Å². The van der Waals surface area contributed by atoms with E-state index >= 15 is 0 Å². The molecular formula is C13H14BrN5O. The van der Waals surface area contributed by atoms with Gasteiger partial charge >= 0.3 is 0 Å². The summed E-state index contributed by atoms with van der Waals surface area (Å²) in [5.41, 5.74) is 5.33. The van der Waals surface area contributed by atoms with E-state index in [2.05, 4.69) is 36.6 Å². The van der Waals surface area contributed by atoms with Gasteiger partial charge in [-0.05, 0) is 47.0 Å². The van der Waals surface area contributed by atoms with Gasteiger partial charge in [-0.1, -0.05) is 6.07 Å². The van der Waals surface area contributed by atoms with Gasteiger partial charge in [-0.3, -0.25) is 9.78 Å². The fourth-order valence-electron chi connectivity index (χ4n) is 1.80. The molecule has 104 valence electrons. The van der Waals surface area contributed by atoms with Crippen LogP contribution in [-0.4, -0.2) is 15.9 Å².